The number of benzene rings is 2. The van der Waals surface area contributed by atoms with E-state index in [1.165, 1.54) is 12.1 Å². The molecule has 0 bridgehead atoms. The first kappa shape index (κ1) is 18.2. The zero-order valence-electron chi connectivity index (χ0n) is 15.1. The van der Waals surface area contributed by atoms with Crippen LogP contribution in [0.5, 0.6) is 17.2 Å². The van der Waals surface area contributed by atoms with Gasteiger partial charge in [0.1, 0.15) is 11.6 Å². The standard InChI is InChI=1S/C19H19FN4O3/c1-25-15-10-14(11-16(26-2)18(15)27-3)22-17-7-8-21-19(24-17)23-13-6-4-5-12(20)9-13/h4-11H,1-3H3,(H2,21,22,23,24). The van der Waals surface area contributed by atoms with Gasteiger partial charge in [-0.2, -0.15) is 4.98 Å². The fourth-order valence-corrected chi connectivity index (χ4v) is 2.49. The minimum atomic E-state index is -0.341. The summed E-state index contributed by atoms with van der Waals surface area (Å²) >= 11 is 0. The monoisotopic (exact) mass is 370 g/mol. The number of methoxy groups -OCH3 is 3. The molecule has 0 atom stereocenters. The number of nitrogens with zero attached hydrogens (tertiary/aromatic N) is 2. The zero-order valence-corrected chi connectivity index (χ0v) is 15.1. The fraction of sp³-hybridized carbons (Fsp3) is 0.158. The van der Waals surface area contributed by atoms with Crippen molar-refractivity contribution in [2.75, 3.05) is 32.0 Å². The van der Waals surface area contributed by atoms with Crippen LogP contribution in [-0.4, -0.2) is 31.3 Å². The molecule has 0 unspecified atom stereocenters. The summed E-state index contributed by atoms with van der Waals surface area (Å²) in [6, 6.07) is 11.3. The summed E-state index contributed by atoms with van der Waals surface area (Å²) in [5.41, 5.74) is 1.25. The second-order valence-corrected chi connectivity index (χ2v) is 5.44. The van der Waals surface area contributed by atoms with Crippen molar-refractivity contribution in [1.29, 1.82) is 0 Å². The number of anilines is 4. The van der Waals surface area contributed by atoms with Crippen molar-refractivity contribution in [3.63, 3.8) is 0 Å². The van der Waals surface area contributed by atoms with Crippen LogP contribution < -0.4 is 24.8 Å². The number of halogens is 1. The molecule has 3 rings (SSSR count). The minimum absolute atomic E-state index is 0.332. The molecule has 2 aromatic carbocycles. The molecule has 0 aliphatic rings. The van der Waals surface area contributed by atoms with Crippen LogP contribution >= 0.6 is 0 Å². The Balaban J connectivity index is 1.84. The Hall–Kier alpha value is -3.55. The van der Waals surface area contributed by atoms with Gasteiger partial charge in [-0.05, 0) is 24.3 Å². The van der Waals surface area contributed by atoms with E-state index in [2.05, 4.69) is 20.6 Å². The van der Waals surface area contributed by atoms with Gasteiger partial charge in [0.05, 0.1) is 21.3 Å². The van der Waals surface area contributed by atoms with Crippen molar-refractivity contribution in [1.82, 2.24) is 9.97 Å². The van der Waals surface area contributed by atoms with E-state index in [4.69, 9.17) is 14.2 Å². The molecule has 2 N–H and O–H groups in total. The molecule has 0 saturated carbocycles. The summed E-state index contributed by atoms with van der Waals surface area (Å²) in [6.45, 7) is 0. The first-order chi connectivity index (χ1) is 13.1. The average molecular weight is 370 g/mol. The molecule has 0 amide bonds. The van der Waals surface area contributed by atoms with Gasteiger partial charge < -0.3 is 24.8 Å². The van der Waals surface area contributed by atoms with Gasteiger partial charge in [-0.25, -0.2) is 9.37 Å². The van der Waals surface area contributed by atoms with E-state index in [0.29, 0.717) is 40.4 Å². The van der Waals surface area contributed by atoms with E-state index in [1.54, 1.807) is 57.9 Å². The lowest BCUT2D eigenvalue weighted by molar-refractivity contribution is 0.324. The SMILES string of the molecule is COc1cc(Nc2ccnc(Nc3cccc(F)c3)n2)cc(OC)c1OC. The minimum Gasteiger partial charge on any atom is -0.493 e. The molecule has 3 aromatic rings. The molecule has 140 valence electrons. The number of hydrogen-bond acceptors (Lipinski definition) is 7. The van der Waals surface area contributed by atoms with Crippen molar-refractivity contribution in [3.8, 4) is 17.2 Å². The van der Waals surface area contributed by atoms with Crippen molar-refractivity contribution >= 4 is 23.1 Å². The summed E-state index contributed by atoms with van der Waals surface area (Å²) in [4.78, 5) is 8.52. The topological polar surface area (TPSA) is 77.5 Å². The highest BCUT2D eigenvalue weighted by molar-refractivity contribution is 5.67. The molecule has 0 radical (unpaired) electrons. The van der Waals surface area contributed by atoms with Gasteiger partial charge in [0, 0.05) is 29.7 Å². The number of hydrogen-bond donors (Lipinski definition) is 2. The predicted molar refractivity (Wildman–Crippen MR) is 101 cm³/mol. The number of ether oxygens (including phenoxy) is 3. The van der Waals surface area contributed by atoms with Crippen LogP contribution in [0.2, 0.25) is 0 Å². The van der Waals surface area contributed by atoms with E-state index in [0.717, 1.165) is 0 Å². The maximum absolute atomic E-state index is 13.3. The summed E-state index contributed by atoms with van der Waals surface area (Å²) in [7, 11) is 4.64. The number of rotatable bonds is 7. The van der Waals surface area contributed by atoms with Gasteiger partial charge in [-0.1, -0.05) is 6.07 Å². The first-order valence-electron chi connectivity index (χ1n) is 8.05. The third kappa shape index (κ3) is 4.35. The Morgan fingerprint density at radius 1 is 0.852 bits per heavy atom. The van der Waals surface area contributed by atoms with E-state index < -0.39 is 0 Å². The van der Waals surface area contributed by atoms with Gasteiger partial charge in [-0.3, -0.25) is 0 Å². The molecule has 0 aliphatic heterocycles. The lowest BCUT2D eigenvalue weighted by atomic mass is 10.2. The smallest absolute Gasteiger partial charge is 0.229 e. The molecular formula is C19H19FN4O3. The quantitative estimate of drug-likeness (QED) is 0.647. The summed E-state index contributed by atoms with van der Waals surface area (Å²) in [5, 5.41) is 6.12. The molecule has 7 nitrogen and oxygen atoms in total. The van der Waals surface area contributed by atoms with Crippen LogP contribution in [0.1, 0.15) is 0 Å². The first-order valence-corrected chi connectivity index (χ1v) is 8.05. The largest absolute Gasteiger partial charge is 0.493 e. The molecule has 0 spiro atoms. The van der Waals surface area contributed by atoms with E-state index >= 15 is 0 Å². The highest BCUT2D eigenvalue weighted by Gasteiger charge is 2.13. The Bertz CT molecular complexity index is 911. The summed E-state index contributed by atoms with van der Waals surface area (Å²) in [6.07, 6.45) is 1.59. The second kappa shape index (κ2) is 8.22. The molecule has 0 fully saturated rings. The average Bonchev–Trinajstić information content (AvgIpc) is 2.67. The second-order valence-electron chi connectivity index (χ2n) is 5.44. The number of aromatic nitrogens is 2. The van der Waals surface area contributed by atoms with Gasteiger partial charge in [0.15, 0.2) is 11.5 Å². The van der Waals surface area contributed by atoms with Gasteiger partial charge in [-0.15, -0.1) is 0 Å². The zero-order chi connectivity index (χ0) is 19.2. The van der Waals surface area contributed by atoms with E-state index in [-0.39, 0.29) is 5.82 Å². The molecule has 1 heterocycles. The molecule has 0 saturated heterocycles. The van der Waals surface area contributed by atoms with Crippen LogP contribution in [0.3, 0.4) is 0 Å². The third-order valence-corrected chi connectivity index (χ3v) is 3.67. The summed E-state index contributed by atoms with van der Waals surface area (Å²) in [5.74, 6) is 2.07. The number of nitrogens with one attached hydrogen (secondary N) is 2. The van der Waals surface area contributed by atoms with Crippen LogP contribution in [-0.2, 0) is 0 Å². The third-order valence-electron chi connectivity index (χ3n) is 3.67. The van der Waals surface area contributed by atoms with E-state index in [1.807, 2.05) is 0 Å². The molecule has 8 heteroatoms. The van der Waals surface area contributed by atoms with Gasteiger partial charge in [0.25, 0.3) is 0 Å². The Morgan fingerprint density at radius 3 is 2.22 bits per heavy atom. The van der Waals surface area contributed by atoms with E-state index in [9.17, 15) is 4.39 Å². The van der Waals surface area contributed by atoms with Crippen molar-refractivity contribution < 1.29 is 18.6 Å². The molecular weight excluding hydrogens is 351 g/mol. The fourth-order valence-electron chi connectivity index (χ4n) is 2.49. The van der Waals surface area contributed by atoms with Crippen LogP contribution in [0, 0.1) is 5.82 Å². The van der Waals surface area contributed by atoms with Crippen LogP contribution in [0.15, 0.2) is 48.7 Å². The predicted octanol–water partition coefficient (Wildman–Crippen LogP) is 4.13. The summed E-state index contributed by atoms with van der Waals surface area (Å²) < 4.78 is 29.3. The molecule has 0 aliphatic carbocycles. The Kier molecular flexibility index (Phi) is 5.55. The van der Waals surface area contributed by atoms with Gasteiger partial charge in [0.2, 0.25) is 11.7 Å². The highest BCUT2D eigenvalue weighted by atomic mass is 19.1. The highest BCUT2D eigenvalue weighted by Crippen LogP contribution is 2.40. The van der Waals surface area contributed by atoms with Crippen molar-refractivity contribution in [3.05, 3.63) is 54.5 Å². The van der Waals surface area contributed by atoms with Crippen molar-refractivity contribution in [2.45, 2.75) is 0 Å². The Labute approximate surface area is 156 Å². The normalized spacial score (nSPS) is 10.2. The van der Waals surface area contributed by atoms with Crippen LogP contribution in [0.25, 0.3) is 0 Å². The lowest BCUT2D eigenvalue weighted by Crippen LogP contribution is -2.01. The van der Waals surface area contributed by atoms with Crippen molar-refractivity contribution in [2.24, 2.45) is 0 Å². The molecule has 1 aromatic heterocycles. The maximum atomic E-state index is 13.3. The lowest BCUT2D eigenvalue weighted by Gasteiger charge is -2.15. The van der Waals surface area contributed by atoms with Gasteiger partial charge >= 0.3 is 0 Å². The van der Waals surface area contributed by atoms with Crippen LogP contribution in [0.4, 0.5) is 27.5 Å². The Morgan fingerprint density at radius 2 is 1.59 bits per heavy atom. The molecule has 27 heavy (non-hydrogen) atoms. The maximum Gasteiger partial charge on any atom is 0.229 e.